The van der Waals surface area contributed by atoms with Gasteiger partial charge in [-0.2, -0.15) is 0 Å². The lowest BCUT2D eigenvalue weighted by Gasteiger charge is -2.32. The fourth-order valence-corrected chi connectivity index (χ4v) is 14.6. The van der Waals surface area contributed by atoms with Crippen LogP contribution in [0, 0.1) is 0 Å². The van der Waals surface area contributed by atoms with Gasteiger partial charge in [-0.1, -0.05) is 78.9 Å². The molecule has 230 valence electrons. The van der Waals surface area contributed by atoms with Crippen molar-refractivity contribution in [2.45, 2.75) is 50.4 Å². The van der Waals surface area contributed by atoms with Crippen molar-refractivity contribution in [1.82, 2.24) is 0 Å². The zero-order valence-electron chi connectivity index (χ0n) is 25.6. The van der Waals surface area contributed by atoms with E-state index >= 15 is 0 Å². The zero-order valence-corrected chi connectivity index (χ0v) is 28.9. The van der Waals surface area contributed by atoms with E-state index in [2.05, 4.69) is 121 Å². The van der Waals surface area contributed by atoms with Crippen molar-refractivity contribution in [3.63, 3.8) is 0 Å². The molecule has 44 heavy (non-hydrogen) atoms. The summed E-state index contributed by atoms with van der Waals surface area (Å²) >= 11 is 4.13. The van der Waals surface area contributed by atoms with Gasteiger partial charge in [-0.05, 0) is 110 Å². The first kappa shape index (κ1) is 34.4. The molecule has 0 saturated carbocycles. The number of allylic oxidation sites excluding steroid dienone is 1. The second-order valence-corrected chi connectivity index (χ2v) is 17.4. The van der Waals surface area contributed by atoms with E-state index in [0.717, 1.165) is 5.56 Å². The Kier molecular flexibility index (Phi) is 13.5. The van der Waals surface area contributed by atoms with Crippen LogP contribution in [0.2, 0.25) is 0 Å². The minimum absolute atomic E-state index is 0. The van der Waals surface area contributed by atoms with Gasteiger partial charge in [-0.25, -0.2) is 0 Å². The molecule has 2 aliphatic rings. The van der Waals surface area contributed by atoms with Gasteiger partial charge in [0.2, 0.25) is 0 Å². The molecule has 2 aliphatic heterocycles. The van der Waals surface area contributed by atoms with Gasteiger partial charge in [-0.15, -0.1) is 23.5 Å². The molecule has 0 radical (unpaired) electrons. The first-order valence-corrected chi connectivity index (χ1v) is 19.3. The third kappa shape index (κ3) is 8.20. The summed E-state index contributed by atoms with van der Waals surface area (Å²) in [5.74, 6) is 2.19. The number of benzene rings is 4. The monoisotopic (exact) mass is 660 g/mol. The molecule has 0 spiro atoms. The van der Waals surface area contributed by atoms with Gasteiger partial charge in [0.1, 0.15) is 28.2 Å². The Hall–Kier alpha value is -2.49. The number of rotatable bonds is 8. The highest BCUT2D eigenvalue weighted by atomic mass is 35.5. The van der Waals surface area contributed by atoms with Crippen LogP contribution in [0.5, 0.6) is 0 Å². The fourth-order valence-electron chi connectivity index (χ4n) is 5.91. The van der Waals surface area contributed by atoms with Crippen molar-refractivity contribution in [2.24, 2.45) is 0 Å². The molecule has 2 fully saturated rings. The normalized spacial score (nSPS) is 17.7. The van der Waals surface area contributed by atoms with Gasteiger partial charge in [-0.3, -0.25) is 4.79 Å². The Balaban J connectivity index is 0.000000202. The molecular weight excluding hydrogens is 619 g/mol. The first-order chi connectivity index (χ1) is 21.1. The summed E-state index contributed by atoms with van der Waals surface area (Å²) in [6, 6.07) is 42.0. The third-order valence-electron chi connectivity index (χ3n) is 8.09. The van der Waals surface area contributed by atoms with Gasteiger partial charge in [0.25, 0.3) is 0 Å². The Morgan fingerprint density at radius 3 is 1.80 bits per heavy atom. The number of hydrogen-bond acceptors (Lipinski definition) is 4. The molecule has 0 amide bonds. The lowest BCUT2D eigenvalue weighted by atomic mass is 10.00. The number of carbonyl (C=O) groups excluding carboxylic acids is 1. The van der Waals surface area contributed by atoms with E-state index in [1.54, 1.807) is 0 Å². The molecule has 0 aliphatic carbocycles. The SMILES string of the molecule is CCOC(=O)C(C)c1ccc(C=C2CCCS2)cc1.[Cl-].c1ccc([P+](c2ccccc2)(c2ccccc2)C2CCCS2)cc1. The van der Waals surface area contributed by atoms with E-state index in [9.17, 15) is 4.79 Å². The van der Waals surface area contributed by atoms with Crippen LogP contribution in [0.4, 0.5) is 0 Å². The van der Waals surface area contributed by atoms with Crippen molar-refractivity contribution < 1.29 is 21.9 Å². The standard InChI is InChI=1S/C22H22PS.C16H20O2S.ClH/c1-4-11-19(12-5-1)23(22-17-10-18-24-22,20-13-6-2-7-14-20)21-15-8-3-9-16-21;1-3-18-16(17)12(2)14-8-6-13(7-9-14)11-15-5-4-10-19-15;/h1-9,11-16,22H,10,17-18H2;6-9,11-12H,3-5,10H2,1-2H3;1H/q+1;;/p-1. The third-order valence-corrected chi connectivity index (χ3v) is 16.3. The van der Waals surface area contributed by atoms with E-state index in [4.69, 9.17) is 4.74 Å². The average molecular weight is 661 g/mol. The maximum Gasteiger partial charge on any atom is 0.313 e. The largest absolute Gasteiger partial charge is 1.00 e. The Bertz CT molecular complexity index is 1350. The summed E-state index contributed by atoms with van der Waals surface area (Å²) in [6.07, 6.45) is 7.39. The quantitative estimate of drug-likeness (QED) is 0.170. The topological polar surface area (TPSA) is 26.3 Å². The molecule has 0 aromatic heterocycles. The molecule has 6 rings (SSSR count). The van der Waals surface area contributed by atoms with Gasteiger partial charge >= 0.3 is 5.97 Å². The summed E-state index contributed by atoms with van der Waals surface area (Å²) in [5.41, 5.74) is 2.23. The Morgan fingerprint density at radius 1 is 0.818 bits per heavy atom. The highest BCUT2D eigenvalue weighted by Gasteiger charge is 2.53. The lowest BCUT2D eigenvalue weighted by Crippen LogP contribution is -3.00. The summed E-state index contributed by atoms with van der Waals surface area (Å²) in [7, 11) is -1.64. The van der Waals surface area contributed by atoms with Crippen LogP contribution in [0.3, 0.4) is 0 Å². The lowest BCUT2D eigenvalue weighted by molar-refractivity contribution is -0.144. The van der Waals surface area contributed by atoms with Gasteiger partial charge < -0.3 is 17.1 Å². The van der Waals surface area contributed by atoms with Crippen molar-refractivity contribution >= 4 is 58.7 Å². The van der Waals surface area contributed by atoms with E-state index in [1.807, 2.05) is 37.7 Å². The molecular formula is C38H42ClO2PS2. The van der Waals surface area contributed by atoms with Crippen LogP contribution in [0.15, 0.2) is 120 Å². The molecule has 2 nitrogen and oxygen atoms in total. The van der Waals surface area contributed by atoms with E-state index in [0.29, 0.717) is 11.6 Å². The highest BCUT2D eigenvalue weighted by Crippen LogP contribution is 2.66. The van der Waals surface area contributed by atoms with Crippen LogP contribution < -0.4 is 28.3 Å². The predicted molar refractivity (Wildman–Crippen MR) is 192 cm³/mol. The predicted octanol–water partition coefficient (Wildman–Crippen LogP) is 6.06. The second-order valence-electron chi connectivity index (χ2n) is 10.9. The summed E-state index contributed by atoms with van der Waals surface area (Å²) < 4.78 is 5.04. The molecule has 4 aromatic carbocycles. The molecule has 6 heteroatoms. The van der Waals surface area contributed by atoms with Crippen LogP contribution in [-0.2, 0) is 9.53 Å². The maximum absolute atomic E-state index is 11.7. The number of ether oxygens (including phenoxy) is 1. The minimum Gasteiger partial charge on any atom is -1.00 e. The van der Waals surface area contributed by atoms with Crippen LogP contribution in [-0.4, -0.2) is 29.1 Å². The fraction of sp³-hybridized carbons (Fsp3) is 0.289. The Labute approximate surface area is 279 Å². The number of halogens is 1. The summed E-state index contributed by atoms with van der Waals surface area (Å²) in [5, 5.41) is 4.55. The van der Waals surface area contributed by atoms with E-state index in [1.165, 1.54) is 63.6 Å². The molecule has 0 N–H and O–H groups in total. The number of thioether (sulfide) groups is 2. The number of esters is 1. The van der Waals surface area contributed by atoms with Crippen molar-refractivity contribution in [3.8, 4) is 0 Å². The summed E-state index contributed by atoms with van der Waals surface area (Å²) in [4.78, 5) is 13.8. The molecule has 0 bridgehead atoms. The van der Waals surface area contributed by atoms with Crippen molar-refractivity contribution in [2.75, 3.05) is 18.1 Å². The van der Waals surface area contributed by atoms with Crippen molar-refractivity contribution in [3.05, 3.63) is 131 Å². The van der Waals surface area contributed by atoms with Gasteiger partial charge in [0, 0.05) is 0 Å². The van der Waals surface area contributed by atoms with E-state index in [-0.39, 0.29) is 24.3 Å². The Morgan fingerprint density at radius 2 is 1.36 bits per heavy atom. The molecule has 2 heterocycles. The maximum atomic E-state index is 11.7. The molecule has 2 atom stereocenters. The zero-order chi connectivity index (χ0) is 29.9. The molecule has 2 saturated heterocycles. The van der Waals surface area contributed by atoms with Crippen LogP contribution in [0.1, 0.15) is 56.6 Å². The second kappa shape index (κ2) is 17.3. The molecule has 4 aromatic rings. The highest BCUT2D eigenvalue weighted by molar-refractivity contribution is 8.14. The number of hydrogen-bond donors (Lipinski definition) is 0. The molecule has 2 unspecified atom stereocenters. The van der Waals surface area contributed by atoms with Gasteiger partial charge in [0.05, 0.1) is 12.5 Å². The minimum atomic E-state index is -1.64. The van der Waals surface area contributed by atoms with Crippen LogP contribution >= 0.6 is 30.8 Å². The average Bonchev–Trinajstić information content (AvgIpc) is 3.79. The van der Waals surface area contributed by atoms with E-state index < -0.39 is 7.26 Å². The number of carbonyl (C=O) groups is 1. The van der Waals surface area contributed by atoms with Gasteiger partial charge in [0.15, 0.2) is 0 Å². The first-order valence-electron chi connectivity index (χ1n) is 15.4. The van der Waals surface area contributed by atoms with Crippen LogP contribution in [0.25, 0.3) is 6.08 Å². The smallest absolute Gasteiger partial charge is 0.313 e. The van der Waals surface area contributed by atoms with Crippen molar-refractivity contribution in [1.29, 1.82) is 0 Å². The summed E-state index contributed by atoms with van der Waals surface area (Å²) in [6.45, 7) is 4.15.